The molecule has 1 saturated heterocycles. The van der Waals surface area contributed by atoms with Crippen molar-refractivity contribution in [2.24, 2.45) is 7.05 Å². The molecular weight excluding hydrogens is 386 g/mol. The summed E-state index contributed by atoms with van der Waals surface area (Å²) in [4.78, 5) is 19.5. The van der Waals surface area contributed by atoms with E-state index in [4.69, 9.17) is 0 Å². The van der Waals surface area contributed by atoms with E-state index in [1.165, 1.54) is 10.8 Å². The Balaban J connectivity index is 0.00000240. The molecule has 2 N–H and O–H groups in total. The topological polar surface area (TPSA) is 62.2 Å². The maximum atomic E-state index is 12.8. The van der Waals surface area contributed by atoms with Crippen molar-refractivity contribution in [3.8, 4) is 0 Å². The van der Waals surface area contributed by atoms with Crippen LogP contribution in [0.3, 0.4) is 0 Å². The number of nitrogens with zero attached hydrogens (tertiary/aromatic N) is 3. The molecular formula is C22H28ClN5O. The quantitative estimate of drug-likeness (QED) is 0.675. The first-order valence-electron chi connectivity index (χ1n) is 9.82. The van der Waals surface area contributed by atoms with Crippen LogP contribution in [0.4, 0.5) is 0 Å². The average molecular weight is 414 g/mol. The molecule has 0 spiro atoms. The van der Waals surface area contributed by atoms with Crippen LogP contribution in [0, 0.1) is 0 Å². The highest BCUT2D eigenvalue weighted by atomic mass is 35.5. The number of carbonyl (C=O) groups is 1. The lowest BCUT2D eigenvalue weighted by molar-refractivity contribution is -0.123. The lowest BCUT2D eigenvalue weighted by Gasteiger charge is -2.35. The Hall–Kier alpha value is -2.41. The van der Waals surface area contributed by atoms with Crippen molar-refractivity contribution in [1.29, 1.82) is 0 Å². The standard InChI is InChI=1S/C22H27N5O.ClH/c1-16(18-9-5-7-17-6-3-4-8-19(17)18)25-21(28)15-27-13-10-23-14-20(27)22-24-11-12-26(22)2;/h3-9,11-12,16,20,23H,10,13-15H2,1-2H3,(H,25,28);1H. The Kier molecular flexibility index (Phi) is 6.90. The number of imidazole rings is 1. The van der Waals surface area contributed by atoms with Crippen LogP contribution in [0.1, 0.15) is 30.4 Å². The summed E-state index contributed by atoms with van der Waals surface area (Å²) in [6.07, 6.45) is 3.76. The average Bonchev–Trinajstić information content (AvgIpc) is 3.13. The van der Waals surface area contributed by atoms with Gasteiger partial charge in [0.1, 0.15) is 5.82 Å². The number of halogens is 1. The van der Waals surface area contributed by atoms with Crippen LogP contribution in [0.5, 0.6) is 0 Å². The third-order valence-electron chi connectivity index (χ3n) is 5.52. The summed E-state index contributed by atoms with van der Waals surface area (Å²) >= 11 is 0. The number of piperazine rings is 1. The van der Waals surface area contributed by atoms with E-state index in [1.54, 1.807) is 0 Å². The Labute approximate surface area is 177 Å². The Morgan fingerprint density at radius 3 is 2.86 bits per heavy atom. The molecule has 6 nitrogen and oxygen atoms in total. The summed E-state index contributed by atoms with van der Waals surface area (Å²) in [6.45, 7) is 4.93. The summed E-state index contributed by atoms with van der Waals surface area (Å²) in [5.41, 5.74) is 1.15. The molecule has 0 bridgehead atoms. The number of benzene rings is 2. The summed E-state index contributed by atoms with van der Waals surface area (Å²) in [7, 11) is 2.00. The van der Waals surface area contributed by atoms with Gasteiger partial charge in [0.05, 0.1) is 18.6 Å². The molecule has 2 atom stereocenters. The van der Waals surface area contributed by atoms with Crippen molar-refractivity contribution in [1.82, 2.24) is 25.1 Å². The van der Waals surface area contributed by atoms with E-state index < -0.39 is 0 Å². The summed E-state index contributed by atoms with van der Waals surface area (Å²) < 4.78 is 2.03. The van der Waals surface area contributed by atoms with E-state index in [0.29, 0.717) is 6.54 Å². The number of rotatable bonds is 5. The predicted molar refractivity (Wildman–Crippen MR) is 118 cm³/mol. The SMILES string of the molecule is CC(NC(=O)CN1CCNCC1c1nccn1C)c1cccc2ccccc12.Cl. The minimum atomic E-state index is -0.0480. The van der Waals surface area contributed by atoms with Gasteiger partial charge in [0.25, 0.3) is 0 Å². The zero-order valence-corrected chi connectivity index (χ0v) is 17.7. The minimum absolute atomic E-state index is 0. The van der Waals surface area contributed by atoms with Gasteiger partial charge in [0.2, 0.25) is 5.91 Å². The van der Waals surface area contributed by atoms with Crippen LogP contribution in [-0.4, -0.2) is 46.5 Å². The largest absolute Gasteiger partial charge is 0.348 e. The molecule has 4 rings (SSSR count). The summed E-state index contributed by atoms with van der Waals surface area (Å²) in [6, 6.07) is 14.6. The Bertz CT molecular complexity index is 967. The molecule has 1 aliphatic heterocycles. The molecule has 7 heteroatoms. The van der Waals surface area contributed by atoms with E-state index in [2.05, 4.69) is 44.8 Å². The van der Waals surface area contributed by atoms with Gasteiger partial charge >= 0.3 is 0 Å². The Morgan fingerprint density at radius 2 is 2.07 bits per heavy atom. The van der Waals surface area contributed by atoms with Crippen molar-refractivity contribution in [2.75, 3.05) is 26.2 Å². The maximum Gasteiger partial charge on any atom is 0.234 e. The fourth-order valence-corrected chi connectivity index (χ4v) is 4.07. The van der Waals surface area contributed by atoms with Gasteiger partial charge in [-0.15, -0.1) is 12.4 Å². The summed E-state index contributed by atoms with van der Waals surface area (Å²) in [5.74, 6) is 1.03. The van der Waals surface area contributed by atoms with Crippen LogP contribution >= 0.6 is 12.4 Å². The lowest BCUT2D eigenvalue weighted by Crippen LogP contribution is -2.50. The number of carbonyl (C=O) groups excluding carboxylic acids is 1. The highest BCUT2D eigenvalue weighted by Gasteiger charge is 2.28. The van der Waals surface area contributed by atoms with Gasteiger partial charge in [0, 0.05) is 39.1 Å². The molecule has 0 saturated carbocycles. The monoisotopic (exact) mass is 413 g/mol. The fourth-order valence-electron chi connectivity index (χ4n) is 4.07. The van der Waals surface area contributed by atoms with Gasteiger partial charge in [-0.25, -0.2) is 4.98 Å². The smallest absolute Gasteiger partial charge is 0.234 e. The van der Waals surface area contributed by atoms with Crippen LogP contribution in [0.2, 0.25) is 0 Å². The summed E-state index contributed by atoms with van der Waals surface area (Å²) in [5, 5.41) is 8.98. The second-order valence-electron chi connectivity index (χ2n) is 7.44. The fraction of sp³-hybridized carbons (Fsp3) is 0.364. The molecule has 2 unspecified atom stereocenters. The molecule has 0 aliphatic carbocycles. The van der Waals surface area contributed by atoms with Crippen LogP contribution < -0.4 is 10.6 Å². The van der Waals surface area contributed by atoms with Crippen LogP contribution in [-0.2, 0) is 11.8 Å². The normalized spacial score (nSPS) is 18.2. The van der Waals surface area contributed by atoms with E-state index in [9.17, 15) is 4.79 Å². The number of hydrogen-bond acceptors (Lipinski definition) is 4. The molecule has 29 heavy (non-hydrogen) atoms. The number of hydrogen-bond donors (Lipinski definition) is 2. The van der Waals surface area contributed by atoms with Gasteiger partial charge in [-0.3, -0.25) is 9.69 Å². The Morgan fingerprint density at radius 1 is 1.28 bits per heavy atom. The molecule has 1 amide bonds. The van der Waals surface area contributed by atoms with Gasteiger partial charge in [-0.05, 0) is 23.3 Å². The van der Waals surface area contributed by atoms with Crippen LogP contribution in [0.15, 0.2) is 54.9 Å². The van der Waals surface area contributed by atoms with Gasteiger partial charge < -0.3 is 15.2 Å². The number of nitrogens with one attached hydrogen (secondary N) is 2. The van der Waals surface area contributed by atoms with E-state index >= 15 is 0 Å². The van der Waals surface area contributed by atoms with Crippen molar-refractivity contribution in [3.63, 3.8) is 0 Å². The molecule has 1 fully saturated rings. The molecule has 0 radical (unpaired) electrons. The van der Waals surface area contributed by atoms with Crippen LogP contribution in [0.25, 0.3) is 10.8 Å². The molecule has 1 aliphatic rings. The van der Waals surface area contributed by atoms with Crippen molar-refractivity contribution in [3.05, 3.63) is 66.2 Å². The zero-order valence-electron chi connectivity index (χ0n) is 16.8. The first kappa shape index (κ1) is 21.3. The van der Waals surface area contributed by atoms with Crippen molar-refractivity contribution in [2.45, 2.75) is 19.0 Å². The molecule has 3 aromatic rings. The van der Waals surface area contributed by atoms with Gasteiger partial charge in [-0.1, -0.05) is 42.5 Å². The van der Waals surface area contributed by atoms with E-state index in [0.717, 1.165) is 31.0 Å². The number of fused-ring (bicyclic) bond motifs is 1. The van der Waals surface area contributed by atoms with Gasteiger partial charge in [0.15, 0.2) is 0 Å². The molecule has 1 aromatic heterocycles. The second-order valence-corrected chi connectivity index (χ2v) is 7.44. The van der Waals surface area contributed by atoms with Gasteiger partial charge in [-0.2, -0.15) is 0 Å². The highest BCUT2D eigenvalue weighted by Crippen LogP contribution is 2.24. The molecule has 154 valence electrons. The van der Waals surface area contributed by atoms with Crippen molar-refractivity contribution < 1.29 is 4.79 Å². The third-order valence-corrected chi connectivity index (χ3v) is 5.52. The molecule has 2 aromatic carbocycles. The lowest BCUT2D eigenvalue weighted by atomic mass is 9.99. The maximum absolute atomic E-state index is 12.8. The first-order valence-corrected chi connectivity index (χ1v) is 9.82. The zero-order chi connectivity index (χ0) is 19.5. The first-order chi connectivity index (χ1) is 13.6. The highest BCUT2D eigenvalue weighted by molar-refractivity contribution is 5.87. The van der Waals surface area contributed by atoms with Crippen molar-refractivity contribution >= 4 is 29.1 Å². The predicted octanol–water partition coefficient (Wildman–Crippen LogP) is 2.82. The van der Waals surface area contributed by atoms with E-state index in [-0.39, 0.29) is 30.4 Å². The number of aromatic nitrogens is 2. The number of amides is 1. The minimum Gasteiger partial charge on any atom is -0.348 e. The van der Waals surface area contributed by atoms with E-state index in [1.807, 2.05) is 49.1 Å². The number of aryl methyl sites for hydroxylation is 1. The third kappa shape index (κ3) is 4.61. The second kappa shape index (κ2) is 9.39. The molecule has 2 heterocycles.